The quantitative estimate of drug-likeness (QED) is 0.274. The predicted octanol–water partition coefficient (Wildman–Crippen LogP) is -1.61. The van der Waals surface area contributed by atoms with Crippen LogP contribution in [0.15, 0.2) is 0 Å². The van der Waals surface area contributed by atoms with Gasteiger partial charge in [0.1, 0.15) is 0 Å². The topological polar surface area (TPSA) is 87.5 Å². The lowest BCUT2D eigenvalue weighted by atomic mass is 10.4. The molecule has 4 N–H and O–H groups in total. The van der Waals surface area contributed by atoms with Crippen molar-refractivity contribution in [3.8, 4) is 0 Å². The second kappa shape index (κ2) is 3.46. The Balaban J connectivity index is 2.45. The Morgan fingerprint density at radius 3 is 2.33 bits per heavy atom. The highest BCUT2D eigenvalue weighted by Crippen LogP contribution is 2.07. The van der Waals surface area contributed by atoms with Crippen LogP contribution in [0.4, 0.5) is 0 Å². The summed E-state index contributed by atoms with van der Waals surface area (Å²) in [5.41, 5.74) is 9.66. The molecule has 0 unspecified atom stereocenters. The van der Waals surface area contributed by atoms with Crippen molar-refractivity contribution < 1.29 is 9.59 Å². The number of nitrogens with two attached hydrogens (primary N) is 1. The third-order valence-corrected chi connectivity index (χ3v) is 1.44. The van der Waals surface area contributed by atoms with Crippen LogP contribution in [-0.2, 0) is 9.59 Å². The first-order chi connectivity index (χ1) is 5.61. The van der Waals surface area contributed by atoms with E-state index in [9.17, 15) is 9.59 Å². The second-order valence-corrected chi connectivity index (χ2v) is 2.66. The highest BCUT2D eigenvalue weighted by atomic mass is 32.1. The Hall–Kier alpha value is -1.21. The molecule has 7 heteroatoms. The molecule has 0 bridgehead atoms. The minimum absolute atomic E-state index is 0.0255. The number of hydrogen-bond donors (Lipinski definition) is 3. The number of nitrogens with zero attached hydrogens (tertiary/aromatic N) is 1. The van der Waals surface area contributed by atoms with Crippen LogP contribution in [0.5, 0.6) is 0 Å². The van der Waals surface area contributed by atoms with Gasteiger partial charge in [-0.2, -0.15) is 5.01 Å². The van der Waals surface area contributed by atoms with Crippen molar-refractivity contribution in [2.75, 3.05) is 0 Å². The standard InChI is InChI=1S/C5H8N4O2S/c6-5(12)7-8-9-3(10)1-2-4(9)11/h8H,1-2H2,(H3,6,7,12). The molecule has 0 saturated carbocycles. The summed E-state index contributed by atoms with van der Waals surface area (Å²) in [5.74, 6) is -0.576. The van der Waals surface area contributed by atoms with E-state index in [2.05, 4.69) is 23.2 Å². The molecule has 0 aromatic rings. The van der Waals surface area contributed by atoms with Crippen LogP contribution in [0.1, 0.15) is 12.8 Å². The lowest BCUT2D eigenvalue weighted by Crippen LogP contribution is -2.53. The van der Waals surface area contributed by atoms with Gasteiger partial charge in [-0.25, -0.2) is 0 Å². The predicted molar refractivity (Wildman–Crippen MR) is 44.1 cm³/mol. The van der Waals surface area contributed by atoms with Crippen molar-refractivity contribution in [3.05, 3.63) is 0 Å². The smallest absolute Gasteiger partial charge is 0.245 e. The van der Waals surface area contributed by atoms with E-state index in [1.807, 2.05) is 0 Å². The molecule has 0 aromatic carbocycles. The highest BCUT2D eigenvalue weighted by Gasteiger charge is 2.28. The number of rotatable bonds is 2. The molecule has 6 nitrogen and oxygen atoms in total. The van der Waals surface area contributed by atoms with Crippen molar-refractivity contribution in [3.63, 3.8) is 0 Å². The van der Waals surface area contributed by atoms with Gasteiger partial charge in [0, 0.05) is 12.8 Å². The first kappa shape index (κ1) is 8.88. The Labute approximate surface area is 74.0 Å². The minimum Gasteiger partial charge on any atom is -0.375 e. The molecular weight excluding hydrogens is 180 g/mol. The van der Waals surface area contributed by atoms with Crippen LogP contribution in [0.2, 0.25) is 0 Å². The van der Waals surface area contributed by atoms with Gasteiger partial charge in [0.15, 0.2) is 5.11 Å². The van der Waals surface area contributed by atoms with Crippen LogP contribution < -0.4 is 16.7 Å². The minimum atomic E-state index is -0.288. The third kappa shape index (κ3) is 1.89. The summed E-state index contributed by atoms with van der Waals surface area (Å²) in [6.07, 6.45) is 0.454. The van der Waals surface area contributed by atoms with E-state index in [0.717, 1.165) is 5.01 Å². The van der Waals surface area contributed by atoms with E-state index >= 15 is 0 Å². The van der Waals surface area contributed by atoms with Crippen LogP contribution >= 0.6 is 12.2 Å². The zero-order chi connectivity index (χ0) is 9.14. The van der Waals surface area contributed by atoms with E-state index in [1.165, 1.54) is 0 Å². The number of nitrogens with one attached hydrogen (secondary N) is 2. The van der Waals surface area contributed by atoms with Crippen molar-refractivity contribution in [1.82, 2.24) is 16.0 Å². The summed E-state index contributed by atoms with van der Waals surface area (Å²) in [6.45, 7) is 0. The fourth-order valence-electron chi connectivity index (χ4n) is 0.812. The maximum atomic E-state index is 10.9. The Kier molecular flexibility index (Phi) is 2.56. The van der Waals surface area contributed by atoms with E-state index in [4.69, 9.17) is 5.73 Å². The summed E-state index contributed by atoms with van der Waals surface area (Å²) in [4.78, 5) is 21.8. The normalized spacial score (nSPS) is 16.8. The Morgan fingerprint density at radius 1 is 1.42 bits per heavy atom. The lowest BCUT2D eigenvalue weighted by molar-refractivity contribution is -0.142. The van der Waals surface area contributed by atoms with Gasteiger partial charge in [-0.05, 0) is 12.2 Å². The molecule has 0 radical (unpaired) electrons. The zero-order valence-electron chi connectivity index (χ0n) is 6.16. The number of hydrogen-bond acceptors (Lipinski definition) is 4. The van der Waals surface area contributed by atoms with Crippen molar-refractivity contribution in [2.24, 2.45) is 5.73 Å². The summed E-state index contributed by atoms with van der Waals surface area (Å²) in [6, 6.07) is 0. The summed E-state index contributed by atoms with van der Waals surface area (Å²) in [5, 5.41) is 0.835. The summed E-state index contributed by atoms with van der Waals surface area (Å²) < 4.78 is 0. The highest BCUT2D eigenvalue weighted by molar-refractivity contribution is 7.80. The first-order valence-electron chi connectivity index (χ1n) is 3.28. The van der Waals surface area contributed by atoms with Gasteiger partial charge in [-0.1, -0.05) is 0 Å². The number of thiocarbonyl (C=S) groups is 1. The lowest BCUT2D eigenvalue weighted by Gasteiger charge is -2.14. The molecule has 0 aliphatic carbocycles. The van der Waals surface area contributed by atoms with Crippen LogP contribution in [0.25, 0.3) is 0 Å². The molecule has 1 aliphatic heterocycles. The van der Waals surface area contributed by atoms with Crippen molar-refractivity contribution in [2.45, 2.75) is 12.8 Å². The van der Waals surface area contributed by atoms with Gasteiger partial charge in [-0.3, -0.25) is 15.0 Å². The molecule has 1 heterocycles. The molecule has 12 heavy (non-hydrogen) atoms. The first-order valence-corrected chi connectivity index (χ1v) is 3.69. The van der Waals surface area contributed by atoms with E-state index in [-0.39, 0.29) is 29.8 Å². The molecule has 1 fully saturated rings. The van der Waals surface area contributed by atoms with Gasteiger partial charge in [0.2, 0.25) is 11.8 Å². The van der Waals surface area contributed by atoms with E-state index in [0.29, 0.717) is 0 Å². The number of imide groups is 1. The molecular formula is C5H8N4O2S. The average molecular weight is 188 g/mol. The number of carbonyl (C=O) groups is 2. The molecule has 1 saturated heterocycles. The van der Waals surface area contributed by atoms with E-state index in [1.54, 1.807) is 0 Å². The Morgan fingerprint density at radius 2 is 1.92 bits per heavy atom. The summed E-state index contributed by atoms with van der Waals surface area (Å²) in [7, 11) is 0. The maximum Gasteiger partial charge on any atom is 0.245 e. The monoisotopic (exact) mass is 188 g/mol. The number of hydrazine groups is 2. The zero-order valence-corrected chi connectivity index (χ0v) is 6.98. The third-order valence-electron chi connectivity index (χ3n) is 1.34. The molecule has 0 atom stereocenters. The fraction of sp³-hybridized carbons (Fsp3) is 0.400. The van der Waals surface area contributed by atoms with Crippen LogP contribution in [0.3, 0.4) is 0 Å². The molecule has 1 rings (SSSR count). The molecule has 0 spiro atoms. The molecule has 66 valence electrons. The van der Waals surface area contributed by atoms with Crippen LogP contribution in [0, 0.1) is 0 Å². The van der Waals surface area contributed by atoms with Gasteiger partial charge in [-0.15, -0.1) is 5.53 Å². The second-order valence-electron chi connectivity index (χ2n) is 2.22. The Bertz CT molecular complexity index is 226. The summed E-state index contributed by atoms with van der Waals surface area (Å²) >= 11 is 4.46. The van der Waals surface area contributed by atoms with Gasteiger partial charge >= 0.3 is 0 Å². The van der Waals surface area contributed by atoms with Gasteiger partial charge in [0.05, 0.1) is 0 Å². The van der Waals surface area contributed by atoms with Gasteiger partial charge < -0.3 is 5.73 Å². The molecule has 0 aromatic heterocycles. The van der Waals surface area contributed by atoms with Gasteiger partial charge in [0.25, 0.3) is 0 Å². The van der Waals surface area contributed by atoms with Crippen molar-refractivity contribution in [1.29, 1.82) is 0 Å². The van der Waals surface area contributed by atoms with Crippen LogP contribution in [-0.4, -0.2) is 21.9 Å². The SMILES string of the molecule is NC(=S)NNN1C(=O)CCC1=O. The number of amides is 2. The maximum absolute atomic E-state index is 10.9. The number of carbonyl (C=O) groups excluding carboxylic acids is 2. The van der Waals surface area contributed by atoms with E-state index < -0.39 is 0 Å². The fourth-order valence-corrected chi connectivity index (χ4v) is 0.858. The average Bonchev–Trinajstić information content (AvgIpc) is 2.28. The molecule has 1 aliphatic rings. The molecule has 2 amide bonds. The largest absolute Gasteiger partial charge is 0.375 e. The van der Waals surface area contributed by atoms with Crippen molar-refractivity contribution >= 4 is 29.1 Å².